The predicted octanol–water partition coefficient (Wildman–Crippen LogP) is 2.12. The van der Waals surface area contributed by atoms with Crippen molar-refractivity contribution in [2.45, 2.75) is 45.1 Å². The number of nitrogens with zero attached hydrogens (tertiary/aromatic N) is 2. The number of amides is 1. The van der Waals surface area contributed by atoms with E-state index in [1.54, 1.807) is 6.07 Å². The van der Waals surface area contributed by atoms with Gasteiger partial charge in [0, 0.05) is 18.0 Å². The van der Waals surface area contributed by atoms with Crippen molar-refractivity contribution in [3.63, 3.8) is 0 Å². The van der Waals surface area contributed by atoms with Crippen molar-refractivity contribution < 1.29 is 4.79 Å². The molecule has 1 atom stereocenters. The third-order valence-electron chi connectivity index (χ3n) is 2.97. The number of halogens is 1. The van der Waals surface area contributed by atoms with E-state index in [2.05, 4.69) is 20.6 Å². The summed E-state index contributed by atoms with van der Waals surface area (Å²) >= 11 is 6.02. The molecule has 1 unspecified atom stereocenters. The highest BCUT2D eigenvalue weighted by atomic mass is 35.5. The first-order valence-corrected chi connectivity index (χ1v) is 6.83. The van der Waals surface area contributed by atoms with Crippen LogP contribution in [0.15, 0.2) is 6.07 Å². The highest BCUT2D eigenvalue weighted by Crippen LogP contribution is 2.23. The second-order valence-electron chi connectivity index (χ2n) is 5.78. The fraction of sp³-hybridized carbons (Fsp3) is 0.615. The summed E-state index contributed by atoms with van der Waals surface area (Å²) in [5.74, 6) is 1.28. The SMILES string of the molecule is CC(C)(C)c1nc(Cl)cc(NC2CCCNC2=O)n1. The summed E-state index contributed by atoms with van der Waals surface area (Å²) in [7, 11) is 0. The lowest BCUT2D eigenvalue weighted by Crippen LogP contribution is -2.44. The lowest BCUT2D eigenvalue weighted by molar-refractivity contribution is -0.123. The van der Waals surface area contributed by atoms with E-state index in [4.69, 9.17) is 11.6 Å². The molecule has 5 nitrogen and oxygen atoms in total. The van der Waals surface area contributed by atoms with Gasteiger partial charge in [0.2, 0.25) is 5.91 Å². The van der Waals surface area contributed by atoms with Gasteiger partial charge in [0.05, 0.1) is 0 Å². The molecule has 0 saturated carbocycles. The molecule has 0 bridgehead atoms. The van der Waals surface area contributed by atoms with E-state index in [1.165, 1.54) is 0 Å². The summed E-state index contributed by atoms with van der Waals surface area (Å²) in [5.41, 5.74) is -0.184. The van der Waals surface area contributed by atoms with Gasteiger partial charge in [-0.15, -0.1) is 0 Å². The number of carbonyl (C=O) groups is 1. The molecule has 0 aliphatic carbocycles. The molecule has 19 heavy (non-hydrogen) atoms. The largest absolute Gasteiger partial charge is 0.358 e. The van der Waals surface area contributed by atoms with Crippen molar-refractivity contribution in [2.24, 2.45) is 0 Å². The van der Waals surface area contributed by atoms with E-state index < -0.39 is 0 Å². The molecule has 2 heterocycles. The Balaban J connectivity index is 2.20. The molecule has 1 aliphatic rings. The van der Waals surface area contributed by atoms with Crippen LogP contribution in [-0.4, -0.2) is 28.5 Å². The summed E-state index contributed by atoms with van der Waals surface area (Å²) in [5, 5.41) is 6.36. The van der Waals surface area contributed by atoms with Crippen molar-refractivity contribution in [1.82, 2.24) is 15.3 Å². The molecule has 1 aliphatic heterocycles. The van der Waals surface area contributed by atoms with Crippen LogP contribution in [0.5, 0.6) is 0 Å². The standard InChI is InChI=1S/C13H19ClN4O/c1-13(2,3)12-17-9(14)7-10(18-12)16-8-5-4-6-15-11(8)19/h7-8H,4-6H2,1-3H3,(H,15,19)(H,16,17,18). The maximum absolute atomic E-state index is 11.7. The van der Waals surface area contributed by atoms with Gasteiger partial charge < -0.3 is 10.6 Å². The molecule has 1 saturated heterocycles. The molecule has 2 N–H and O–H groups in total. The Hall–Kier alpha value is -1.36. The average Bonchev–Trinajstić information content (AvgIpc) is 2.30. The van der Waals surface area contributed by atoms with Crippen LogP contribution in [0.4, 0.5) is 5.82 Å². The number of hydrogen-bond donors (Lipinski definition) is 2. The van der Waals surface area contributed by atoms with E-state index in [1.807, 2.05) is 20.8 Å². The van der Waals surface area contributed by atoms with Crippen molar-refractivity contribution in [3.05, 3.63) is 17.0 Å². The molecule has 0 aromatic carbocycles. The van der Waals surface area contributed by atoms with Crippen molar-refractivity contribution in [2.75, 3.05) is 11.9 Å². The van der Waals surface area contributed by atoms with E-state index in [0.717, 1.165) is 19.4 Å². The van der Waals surface area contributed by atoms with Gasteiger partial charge in [-0.1, -0.05) is 32.4 Å². The Kier molecular flexibility index (Phi) is 3.94. The van der Waals surface area contributed by atoms with Crippen LogP contribution in [-0.2, 0) is 10.2 Å². The molecule has 1 amide bonds. The topological polar surface area (TPSA) is 66.9 Å². The highest BCUT2D eigenvalue weighted by Gasteiger charge is 2.24. The number of hydrogen-bond acceptors (Lipinski definition) is 4. The first-order valence-electron chi connectivity index (χ1n) is 6.45. The molecule has 2 rings (SSSR count). The quantitative estimate of drug-likeness (QED) is 0.816. The monoisotopic (exact) mass is 282 g/mol. The van der Waals surface area contributed by atoms with Gasteiger partial charge in [-0.2, -0.15) is 0 Å². The average molecular weight is 283 g/mol. The maximum Gasteiger partial charge on any atom is 0.242 e. The van der Waals surface area contributed by atoms with Crippen molar-refractivity contribution in [3.8, 4) is 0 Å². The molecule has 1 aromatic rings. The zero-order valence-corrected chi connectivity index (χ0v) is 12.2. The Bertz CT molecular complexity index is 484. The van der Waals surface area contributed by atoms with Gasteiger partial charge in [0.15, 0.2) is 0 Å². The molecular formula is C13H19ClN4O. The fourth-order valence-electron chi connectivity index (χ4n) is 1.92. The first-order chi connectivity index (χ1) is 8.86. The minimum absolute atomic E-state index is 0.0123. The van der Waals surface area contributed by atoms with Gasteiger partial charge in [0.1, 0.15) is 22.8 Å². The van der Waals surface area contributed by atoms with Gasteiger partial charge in [-0.05, 0) is 12.8 Å². The van der Waals surface area contributed by atoms with E-state index >= 15 is 0 Å². The number of nitrogens with one attached hydrogen (secondary N) is 2. The summed E-state index contributed by atoms with van der Waals surface area (Å²) < 4.78 is 0. The van der Waals surface area contributed by atoms with Crippen LogP contribution in [0.1, 0.15) is 39.4 Å². The van der Waals surface area contributed by atoms with Crippen LogP contribution in [0.25, 0.3) is 0 Å². The van der Waals surface area contributed by atoms with Gasteiger partial charge in [-0.3, -0.25) is 4.79 Å². The van der Waals surface area contributed by atoms with Crippen LogP contribution in [0, 0.1) is 0 Å². The Morgan fingerprint density at radius 1 is 1.42 bits per heavy atom. The number of carbonyl (C=O) groups excluding carboxylic acids is 1. The molecule has 0 spiro atoms. The summed E-state index contributed by atoms with van der Waals surface area (Å²) in [6, 6.07) is 1.41. The van der Waals surface area contributed by atoms with E-state index in [9.17, 15) is 4.79 Å². The highest BCUT2D eigenvalue weighted by molar-refractivity contribution is 6.29. The molecule has 104 valence electrons. The molecular weight excluding hydrogens is 264 g/mol. The second-order valence-corrected chi connectivity index (χ2v) is 6.17. The minimum atomic E-state index is -0.243. The summed E-state index contributed by atoms with van der Waals surface area (Å²) in [6.07, 6.45) is 1.77. The number of piperidine rings is 1. The lowest BCUT2D eigenvalue weighted by atomic mass is 9.96. The zero-order chi connectivity index (χ0) is 14.0. The van der Waals surface area contributed by atoms with Crippen LogP contribution < -0.4 is 10.6 Å². The van der Waals surface area contributed by atoms with E-state index in [-0.39, 0.29) is 17.4 Å². The van der Waals surface area contributed by atoms with Crippen molar-refractivity contribution >= 4 is 23.3 Å². The zero-order valence-electron chi connectivity index (χ0n) is 11.5. The Morgan fingerprint density at radius 2 is 2.16 bits per heavy atom. The van der Waals surface area contributed by atoms with Crippen molar-refractivity contribution in [1.29, 1.82) is 0 Å². The lowest BCUT2D eigenvalue weighted by Gasteiger charge is -2.24. The fourth-order valence-corrected chi connectivity index (χ4v) is 2.10. The molecule has 1 fully saturated rings. The summed E-state index contributed by atoms with van der Waals surface area (Å²) in [6.45, 7) is 6.82. The molecule has 6 heteroatoms. The third-order valence-corrected chi connectivity index (χ3v) is 3.17. The molecule has 1 aromatic heterocycles. The van der Waals surface area contributed by atoms with Gasteiger partial charge >= 0.3 is 0 Å². The minimum Gasteiger partial charge on any atom is -0.358 e. The van der Waals surface area contributed by atoms with E-state index in [0.29, 0.717) is 16.8 Å². The van der Waals surface area contributed by atoms with Gasteiger partial charge in [0.25, 0.3) is 0 Å². The number of aromatic nitrogens is 2. The number of rotatable bonds is 2. The second kappa shape index (κ2) is 5.33. The first kappa shape index (κ1) is 14.1. The van der Waals surface area contributed by atoms with Crippen LogP contribution >= 0.6 is 11.6 Å². The maximum atomic E-state index is 11.7. The van der Waals surface area contributed by atoms with Crippen LogP contribution in [0.2, 0.25) is 5.15 Å². The normalized spacial score (nSPS) is 20.0. The number of anilines is 1. The molecule has 0 radical (unpaired) electrons. The third kappa shape index (κ3) is 3.56. The summed E-state index contributed by atoms with van der Waals surface area (Å²) in [4.78, 5) is 20.4. The van der Waals surface area contributed by atoms with Crippen LogP contribution in [0.3, 0.4) is 0 Å². The smallest absolute Gasteiger partial charge is 0.242 e. The predicted molar refractivity (Wildman–Crippen MR) is 75.4 cm³/mol. The Labute approximate surface area is 118 Å². The Morgan fingerprint density at radius 3 is 2.79 bits per heavy atom. The van der Waals surface area contributed by atoms with Gasteiger partial charge in [-0.25, -0.2) is 9.97 Å².